The number of benzene rings is 3. The summed E-state index contributed by atoms with van der Waals surface area (Å²) in [6.07, 6.45) is -0.348. The normalized spacial score (nSPS) is 15.7. The fourth-order valence-corrected chi connectivity index (χ4v) is 4.02. The fourth-order valence-electron chi connectivity index (χ4n) is 3.29. The Morgan fingerprint density at radius 1 is 0.889 bits per heavy atom. The summed E-state index contributed by atoms with van der Waals surface area (Å²) in [5.74, 6) is -0.0452. The molecule has 0 saturated carbocycles. The number of hydrogen-bond donors (Lipinski definition) is 1. The van der Waals surface area contributed by atoms with Crippen LogP contribution in [0.15, 0.2) is 66.7 Å². The maximum Gasteiger partial charge on any atom is 0.256 e. The third kappa shape index (κ3) is 3.63. The van der Waals surface area contributed by atoms with Crippen LogP contribution in [0.3, 0.4) is 0 Å². The van der Waals surface area contributed by atoms with Gasteiger partial charge in [0, 0.05) is 38.4 Å². The molecule has 0 bridgehead atoms. The standard InChI is InChI=1S/C21H15Cl3N2O/c22-14-9-15(23)11-16(10-14)25-20-17-6-2-3-7-18(17)21(27)26(20)12-13-5-1-4-8-19(13)24/h1-11,20,25H,12H2/t20-/m0/s1. The van der Waals surface area contributed by atoms with Crippen molar-refractivity contribution < 1.29 is 4.79 Å². The molecule has 1 atom stereocenters. The summed E-state index contributed by atoms with van der Waals surface area (Å²) in [6, 6.07) is 20.3. The molecule has 1 heterocycles. The lowest BCUT2D eigenvalue weighted by Crippen LogP contribution is -2.32. The van der Waals surface area contributed by atoms with Gasteiger partial charge in [-0.05, 0) is 35.9 Å². The van der Waals surface area contributed by atoms with Gasteiger partial charge in [0.1, 0.15) is 6.17 Å². The Bertz CT molecular complexity index is 1000. The van der Waals surface area contributed by atoms with Crippen LogP contribution < -0.4 is 5.32 Å². The minimum absolute atomic E-state index is 0.0452. The Hall–Kier alpha value is -2.20. The predicted molar refractivity (Wildman–Crippen MR) is 111 cm³/mol. The largest absolute Gasteiger partial charge is 0.361 e. The minimum Gasteiger partial charge on any atom is -0.361 e. The quantitative estimate of drug-likeness (QED) is 0.531. The zero-order chi connectivity index (χ0) is 19.0. The molecule has 6 heteroatoms. The topological polar surface area (TPSA) is 32.3 Å². The highest BCUT2D eigenvalue weighted by Crippen LogP contribution is 2.37. The maximum absolute atomic E-state index is 13.0. The number of hydrogen-bond acceptors (Lipinski definition) is 2. The van der Waals surface area contributed by atoms with Crippen LogP contribution in [0, 0.1) is 0 Å². The minimum atomic E-state index is -0.348. The van der Waals surface area contributed by atoms with Gasteiger partial charge in [0.05, 0.1) is 0 Å². The van der Waals surface area contributed by atoms with Crippen LogP contribution >= 0.6 is 34.8 Å². The Kier molecular flexibility index (Phi) is 5.00. The third-order valence-electron chi connectivity index (χ3n) is 4.52. The van der Waals surface area contributed by atoms with Gasteiger partial charge in [-0.2, -0.15) is 0 Å². The maximum atomic E-state index is 13.0. The predicted octanol–water partition coefficient (Wildman–Crippen LogP) is 6.41. The number of anilines is 1. The number of fused-ring (bicyclic) bond motifs is 1. The average Bonchev–Trinajstić information content (AvgIpc) is 2.89. The van der Waals surface area contributed by atoms with Gasteiger partial charge in [-0.15, -0.1) is 0 Å². The van der Waals surface area contributed by atoms with Gasteiger partial charge in [0.15, 0.2) is 0 Å². The Morgan fingerprint density at radius 3 is 2.30 bits per heavy atom. The second kappa shape index (κ2) is 7.43. The first-order chi connectivity index (χ1) is 13.0. The molecule has 4 rings (SSSR count). The van der Waals surface area contributed by atoms with Crippen LogP contribution in [0.25, 0.3) is 0 Å². The average molecular weight is 418 g/mol. The van der Waals surface area contributed by atoms with E-state index in [4.69, 9.17) is 34.8 Å². The molecule has 1 aliphatic rings. The SMILES string of the molecule is O=C1c2ccccc2[C@@H](Nc2cc(Cl)cc(Cl)c2)N1Cc1ccccc1Cl. The van der Waals surface area contributed by atoms with E-state index in [1.807, 2.05) is 48.5 Å². The molecule has 0 spiro atoms. The van der Waals surface area contributed by atoms with E-state index in [2.05, 4.69) is 5.32 Å². The summed E-state index contributed by atoms with van der Waals surface area (Å²) < 4.78 is 0. The summed E-state index contributed by atoms with van der Waals surface area (Å²) in [7, 11) is 0. The van der Waals surface area contributed by atoms with Gasteiger partial charge in [0.25, 0.3) is 5.91 Å². The van der Waals surface area contributed by atoms with E-state index in [1.165, 1.54) is 0 Å². The molecule has 27 heavy (non-hydrogen) atoms. The van der Waals surface area contributed by atoms with Gasteiger partial charge in [-0.3, -0.25) is 4.79 Å². The van der Waals surface area contributed by atoms with Gasteiger partial charge in [-0.25, -0.2) is 0 Å². The smallest absolute Gasteiger partial charge is 0.256 e. The second-order valence-electron chi connectivity index (χ2n) is 6.32. The molecule has 3 nitrogen and oxygen atoms in total. The van der Waals surface area contributed by atoms with Crippen molar-refractivity contribution >= 4 is 46.4 Å². The molecule has 3 aromatic rings. The second-order valence-corrected chi connectivity index (χ2v) is 7.60. The third-order valence-corrected chi connectivity index (χ3v) is 5.33. The lowest BCUT2D eigenvalue weighted by Gasteiger charge is -2.27. The number of halogens is 3. The molecule has 0 unspecified atom stereocenters. The molecule has 0 fully saturated rings. The molecular formula is C21H15Cl3N2O. The van der Waals surface area contributed by atoms with Gasteiger partial charge >= 0.3 is 0 Å². The summed E-state index contributed by atoms with van der Waals surface area (Å²) in [5, 5.41) is 5.08. The first kappa shape index (κ1) is 18.2. The van der Waals surface area contributed by atoms with E-state index in [-0.39, 0.29) is 12.1 Å². The zero-order valence-corrected chi connectivity index (χ0v) is 16.4. The van der Waals surface area contributed by atoms with Crippen molar-refractivity contribution in [1.82, 2.24) is 4.90 Å². The monoisotopic (exact) mass is 416 g/mol. The number of carbonyl (C=O) groups is 1. The number of amides is 1. The van der Waals surface area contributed by atoms with Crippen molar-refractivity contribution in [3.8, 4) is 0 Å². The lowest BCUT2D eigenvalue weighted by molar-refractivity contribution is 0.0729. The van der Waals surface area contributed by atoms with Crippen molar-refractivity contribution in [3.05, 3.63) is 98.5 Å². The van der Waals surface area contributed by atoms with Crippen molar-refractivity contribution in [2.24, 2.45) is 0 Å². The van der Waals surface area contributed by atoms with Gasteiger partial charge < -0.3 is 10.2 Å². The molecule has 0 aromatic heterocycles. The molecule has 1 amide bonds. The zero-order valence-electron chi connectivity index (χ0n) is 14.1. The van der Waals surface area contributed by atoms with E-state index >= 15 is 0 Å². The number of carbonyl (C=O) groups excluding carboxylic acids is 1. The van der Waals surface area contributed by atoms with Crippen LogP contribution in [-0.2, 0) is 6.54 Å². The fraction of sp³-hybridized carbons (Fsp3) is 0.0952. The molecule has 0 saturated heterocycles. The Labute approximate surface area is 172 Å². The van der Waals surface area contributed by atoms with Crippen LogP contribution in [0.4, 0.5) is 5.69 Å². The van der Waals surface area contributed by atoms with Crippen molar-refractivity contribution in [3.63, 3.8) is 0 Å². The van der Waals surface area contributed by atoms with Crippen LogP contribution in [0.5, 0.6) is 0 Å². The number of nitrogens with zero attached hydrogens (tertiary/aromatic N) is 1. The van der Waals surface area contributed by atoms with Crippen LogP contribution in [-0.4, -0.2) is 10.8 Å². The highest BCUT2D eigenvalue weighted by Gasteiger charge is 2.36. The van der Waals surface area contributed by atoms with Crippen LogP contribution in [0.2, 0.25) is 15.1 Å². The highest BCUT2D eigenvalue weighted by atomic mass is 35.5. The first-order valence-electron chi connectivity index (χ1n) is 8.39. The Morgan fingerprint density at radius 2 is 1.56 bits per heavy atom. The molecular weight excluding hydrogens is 403 g/mol. The van der Waals surface area contributed by atoms with Crippen molar-refractivity contribution in [2.75, 3.05) is 5.32 Å². The van der Waals surface area contributed by atoms with Gasteiger partial charge in [-0.1, -0.05) is 71.2 Å². The number of rotatable bonds is 4. The summed E-state index contributed by atoms with van der Waals surface area (Å²) >= 11 is 18.6. The summed E-state index contributed by atoms with van der Waals surface area (Å²) in [6.45, 7) is 0.388. The van der Waals surface area contributed by atoms with E-state index in [1.54, 1.807) is 23.1 Å². The molecule has 1 aliphatic heterocycles. The van der Waals surface area contributed by atoms with E-state index < -0.39 is 0 Å². The lowest BCUT2D eigenvalue weighted by atomic mass is 10.1. The summed E-state index contributed by atoms with van der Waals surface area (Å²) in [4.78, 5) is 14.8. The number of nitrogens with one attached hydrogen (secondary N) is 1. The Balaban J connectivity index is 1.72. The molecule has 1 N–H and O–H groups in total. The molecule has 3 aromatic carbocycles. The van der Waals surface area contributed by atoms with Gasteiger partial charge in [0.2, 0.25) is 0 Å². The van der Waals surface area contributed by atoms with E-state index in [0.29, 0.717) is 27.2 Å². The molecule has 0 radical (unpaired) electrons. The van der Waals surface area contributed by atoms with Crippen molar-refractivity contribution in [1.29, 1.82) is 0 Å². The van der Waals surface area contributed by atoms with Crippen molar-refractivity contribution in [2.45, 2.75) is 12.7 Å². The molecule has 0 aliphatic carbocycles. The van der Waals surface area contributed by atoms with Crippen LogP contribution in [0.1, 0.15) is 27.7 Å². The first-order valence-corrected chi connectivity index (χ1v) is 9.52. The van der Waals surface area contributed by atoms with E-state index in [0.717, 1.165) is 16.8 Å². The summed E-state index contributed by atoms with van der Waals surface area (Å²) in [5.41, 5.74) is 3.21. The molecule has 136 valence electrons. The van der Waals surface area contributed by atoms with E-state index in [9.17, 15) is 4.79 Å². The highest BCUT2D eigenvalue weighted by molar-refractivity contribution is 6.35.